The lowest BCUT2D eigenvalue weighted by Gasteiger charge is -2.07. The highest BCUT2D eigenvalue weighted by Crippen LogP contribution is 2.23. The number of hydrogen-bond acceptors (Lipinski definition) is 6. The van der Waals surface area contributed by atoms with Gasteiger partial charge in [0.2, 0.25) is 0 Å². The molecule has 8 heteroatoms. The Bertz CT molecular complexity index is 1140. The lowest BCUT2D eigenvalue weighted by Crippen LogP contribution is -2.14. The van der Waals surface area contributed by atoms with Crippen LogP contribution in [0.25, 0.3) is 10.9 Å². The van der Waals surface area contributed by atoms with Crippen molar-refractivity contribution in [2.45, 2.75) is 6.92 Å². The lowest BCUT2D eigenvalue weighted by atomic mass is 10.1. The maximum absolute atomic E-state index is 12.5. The number of carbonyl (C=O) groups is 2. The molecule has 0 saturated heterocycles. The second kappa shape index (κ2) is 7.00. The Balaban J connectivity index is 1.51. The summed E-state index contributed by atoms with van der Waals surface area (Å²) in [6, 6.07) is 12.7. The largest absolute Gasteiger partial charge is 0.431 e. The first-order valence-corrected chi connectivity index (χ1v) is 8.96. The quantitative estimate of drug-likeness (QED) is 0.557. The van der Waals surface area contributed by atoms with Crippen LogP contribution in [0.15, 0.2) is 58.5 Å². The van der Waals surface area contributed by atoms with Crippen molar-refractivity contribution in [3.8, 4) is 0 Å². The van der Waals surface area contributed by atoms with Crippen molar-refractivity contribution in [3.63, 3.8) is 0 Å². The van der Waals surface area contributed by atoms with Crippen LogP contribution in [0.4, 0.5) is 11.7 Å². The number of nitrogens with zero attached hydrogens (tertiary/aromatic N) is 2. The molecular weight excluding hydrogens is 364 g/mol. The van der Waals surface area contributed by atoms with Crippen LogP contribution in [0.3, 0.4) is 0 Å². The molecule has 0 aliphatic heterocycles. The minimum Gasteiger partial charge on any atom is -0.431 e. The van der Waals surface area contributed by atoms with E-state index in [1.165, 1.54) is 17.6 Å². The summed E-state index contributed by atoms with van der Waals surface area (Å²) < 4.78 is 5.18. The van der Waals surface area contributed by atoms with Gasteiger partial charge in [-0.1, -0.05) is 12.1 Å². The fourth-order valence-electron chi connectivity index (χ4n) is 2.55. The number of anilines is 2. The summed E-state index contributed by atoms with van der Waals surface area (Å²) in [6.07, 6.45) is 1.20. The third kappa shape index (κ3) is 3.56. The van der Waals surface area contributed by atoms with E-state index in [-0.39, 0.29) is 17.6 Å². The minimum absolute atomic E-state index is 0.0336. The number of pyridine rings is 1. The van der Waals surface area contributed by atoms with Gasteiger partial charge < -0.3 is 9.73 Å². The van der Waals surface area contributed by atoms with Crippen LogP contribution in [0.1, 0.15) is 25.9 Å². The third-order valence-electron chi connectivity index (χ3n) is 3.82. The highest BCUT2D eigenvalue weighted by atomic mass is 32.1. The number of benzene rings is 1. The molecule has 0 atom stereocenters. The van der Waals surface area contributed by atoms with Gasteiger partial charge in [0.05, 0.1) is 16.1 Å². The number of carbonyl (C=O) groups excluding carboxylic acids is 2. The average Bonchev–Trinajstić information content (AvgIpc) is 3.33. The summed E-state index contributed by atoms with van der Waals surface area (Å²) in [4.78, 5) is 33.5. The fraction of sp³-hybridized carbons (Fsp3) is 0.0526. The zero-order valence-electron chi connectivity index (χ0n) is 14.2. The zero-order valence-corrected chi connectivity index (χ0v) is 15.0. The lowest BCUT2D eigenvalue weighted by molar-refractivity contribution is 0.101. The molecule has 0 unspecified atom stereocenters. The van der Waals surface area contributed by atoms with Crippen LogP contribution < -0.4 is 10.6 Å². The topological polar surface area (TPSA) is 97.1 Å². The molecule has 4 rings (SSSR count). The van der Waals surface area contributed by atoms with Crippen LogP contribution in [0.2, 0.25) is 0 Å². The average molecular weight is 378 g/mol. The summed E-state index contributed by atoms with van der Waals surface area (Å²) in [5.41, 5.74) is 2.37. The predicted molar refractivity (Wildman–Crippen MR) is 103 cm³/mol. The van der Waals surface area contributed by atoms with Crippen molar-refractivity contribution in [1.29, 1.82) is 0 Å². The third-order valence-corrected chi connectivity index (χ3v) is 4.69. The van der Waals surface area contributed by atoms with Gasteiger partial charge >= 0.3 is 6.01 Å². The maximum atomic E-state index is 12.5. The van der Waals surface area contributed by atoms with Crippen LogP contribution >= 0.6 is 11.3 Å². The molecule has 0 aliphatic carbocycles. The van der Waals surface area contributed by atoms with E-state index in [2.05, 4.69) is 20.6 Å². The van der Waals surface area contributed by atoms with Gasteiger partial charge in [0.25, 0.3) is 11.8 Å². The first-order valence-electron chi connectivity index (χ1n) is 8.08. The molecule has 27 heavy (non-hydrogen) atoms. The molecule has 0 bridgehead atoms. The Morgan fingerprint density at radius 2 is 1.89 bits per heavy atom. The summed E-state index contributed by atoms with van der Waals surface area (Å²) in [5, 5.41) is 7.95. The summed E-state index contributed by atoms with van der Waals surface area (Å²) in [6.45, 7) is 1.91. The standard InChI is InChI=1S/C19H14N4O3S/c1-11-7-8-12-13(20-11)4-2-5-14(12)21-17(24)15-10-26-19(22-15)23-18(25)16-6-3-9-27-16/h2-10H,1H3,(H,21,24)(H,22,23,25). The van der Waals surface area contributed by atoms with E-state index in [4.69, 9.17) is 4.42 Å². The Morgan fingerprint density at radius 3 is 2.70 bits per heavy atom. The van der Waals surface area contributed by atoms with Gasteiger partial charge in [-0.2, -0.15) is 4.98 Å². The molecule has 0 saturated carbocycles. The number of aromatic nitrogens is 2. The molecule has 0 fully saturated rings. The molecule has 1 aromatic carbocycles. The summed E-state index contributed by atoms with van der Waals surface area (Å²) >= 11 is 1.30. The van der Waals surface area contributed by atoms with E-state index in [9.17, 15) is 9.59 Å². The number of fused-ring (bicyclic) bond motifs is 1. The number of rotatable bonds is 4. The minimum atomic E-state index is -0.441. The van der Waals surface area contributed by atoms with Gasteiger partial charge in [-0.25, -0.2) is 0 Å². The van der Waals surface area contributed by atoms with Gasteiger partial charge in [-0.05, 0) is 42.6 Å². The SMILES string of the molecule is Cc1ccc2c(NC(=O)c3coc(NC(=O)c4cccs4)n3)cccc2n1. The second-order valence-electron chi connectivity index (χ2n) is 5.75. The zero-order chi connectivity index (χ0) is 18.8. The molecular formula is C19H14N4O3S. The van der Waals surface area contributed by atoms with E-state index >= 15 is 0 Å². The number of aryl methyl sites for hydroxylation is 1. The fourth-order valence-corrected chi connectivity index (χ4v) is 3.17. The molecule has 3 aromatic heterocycles. The molecule has 2 N–H and O–H groups in total. The van der Waals surface area contributed by atoms with Gasteiger partial charge in [0.1, 0.15) is 6.26 Å². The molecule has 3 heterocycles. The molecule has 7 nitrogen and oxygen atoms in total. The van der Waals surface area contributed by atoms with Gasteiger partial charge in [-0.15, -0.1) is 11.3 Å². The summed E-state index contributed by atoms with van der Waals surface area (Å²) in [7, 11) is 0. The molecule has 0 spiro atoms. The van der Waals surface area contributed by atoms with E-state index < -0.39 is 5.91 Å². The monoisotopic (exact) mass is 378 g/mol. The molecule has 2 amide bonds. The number of thiophene rings is 1. The highest BCUT2D eigenvalue weighted by Gasteiger charge is 2.16. The van der Waals surface area contributed by atoms with Crippen LogP contribution in [0.5, 0.6) is 0 Å². The van der Waals surface area contributed by atoms with E-state index in [0.29, 0.717) is 10.6 Å². The van der Waals surface area contributed by atoms with Crippen molar-refractivity contribution >= 4 is 45.8 Å². The van der Waals surface area contributed by atoms with Crippen LogP contribution in [-0.4, -0.2) is 21.8 Å². The number of hydrogen-bond donors (Lipinski definition) is 2. The molecule has 0 radical (unpaired) electrons. The second-order valence-corrected chi connectivity index (χ2v) is 6.70. The molecule has 4 aromatic rings. The smallest absolute Gasteiger partial charge is 0.302 e. The van der Waals surface area contributed by atoms with Crippen molar-refractivity contribution in [1.82, 2.24) is 9.97 Å². The van der Waals surface area contributed by atoms with Crippen molar-refractivity contribution in [2.24, 2.45) is 0 Å². The Labute approximate surface area is 158 Å². The molecule has 134 valence electrons. The number of oxazole rings is 1. The van der Waals surface area contributed by atoms with Crippen molar-refractivity contribution < 1.29 is 14.0 Å². The Kier molecular flexibility index (Phi) is 4.39. The van der Waals surface area contributed by atoms with Crippen LogP contribution in [-0.2, 0) is 0 Å². The van der Waals surface area contributed by atoms with Gasteiger partial charge in [-0.3, -0.25) is 19.9 Å². The highest BCUT2D eigenvalue weighted by molar-refractivity contribution is 7.12. The molecule has 0 aliphatic rings. The normalized spacial score (nSPS) is 10.7. The van der Waals surface area contributed by atoms with Crippen molar-refractivity contribution in [2.75, 3.05) is 10.6 Å². The Hall–Kier alpha value is -3.52. The van der Waals surface area contributed by atoms with Crippen LogP contribution in [0, 0.1) is 6.92 Å². The summed E-state index contributed by atoms with van der Waals surface area (Å²) in [5.74, 6) is -0.780. The first kappa shape index (κ1) is 16.9. The van der Waals surface area contributed by atoms with E-state index in [1.54, 1.807) is 23.6 Å². The number of amides is 2. The number of nitrogens with one attached hydrogen (secondary N) is 2. The van der Waals surface area contributed by atoms with Gasteiger partial charge in [0, 0.05) is 11.1 Å². The van der Waals surface area contributed by atoms with E-state index in [0.717, 1.165) is 16.6 Å². The van der Waals surface area contributed by atoms with Crippen molar-refractivity contribution in [3.05, 3.63) is 70.4 Å². The predicted octanol–water partition coefficient (Wildman–Crippen LogP) is 4.10. The van der Waals surface area contributed by atoms with Gasteiger partial charge in [0.15, 0.2) is 5.69 Å². The van der Waals surface area contributed by atoms with E-state index in [1.807, 2.05) is 31.2 Å². The Morgan fingerprint density at radius 1 is 1.00 bits per heavy atom. The maximum Gasteiger partial charge on any atom is 0.302 e. The first-order chi connectivity index (χ1) is 13.1.